The molecule has 0 fully saturated rings. The first-order chi connectivity index (χ1) is 13.1. The number of nitrogens with one attached hydrogen (secondary N) is 1. The van der Waals surface area contributed by atoms with E-state index in [2.05, 4.69) is 5.32 Å². The lowest BCUT2D eigenvalue weighted by Gasteiger charge is -2.08. The van der Waals surface area contributed by atoms with Gasteiger partial charge in [-0.1, -0.05) is 54.6 Å². The van der Waals surface area contributed by atoms with Crippen LogP contribution in [0.4, 0.5) is 5.69 Å². The third-order valence-corrected chi connectivity index (χ3v) is 4.28. The van der Waals surface area contributed by atoms with Crippen molar-refractivity contribution in [2.24, 2.45) is 0 Å². The van der Waals surface area contributed by atoms with E-state index in [0.717, 1.165) is 11.1 Å². The summed E-state index contributed by atoms with van der Waals surface area (Å²) in [5.74, 6) is -0.816. The molecular formula is C22H15NO4. The van der Waals surface area contributed by atoms with Crippen molar-refractivity contribution in [3.8, 4) is 16.9 Å². The van der Waals surface area contributed by atoms with E-state index >= 15 is 0 Å². The van der Waals surface area contributed by atoms with Crippen molar-refractivity contribution in [2.75, 3.05) is 5.32 Å². The molecule has 0 unspecified atom stereocenters. The molecule has 0 atom stereocenters. The first kappa shape index (κ1) is 16.6. The van der Waals surface area contributed by atoms with Gasteiger partial charge >= 0.3 is 5.63 Å². The smallest absolute Gasteiger partial charge is 0.364 e. The second kappa shape index (κ2) is 6.80. The molecule has 0 aliphatic rings. The number of para-hydroxylation sites is 1. The van der Waals surface area contributed by atoms with E-state index in [0.29, 0.717) is 10.9 Å². The molecule has 1 heterocycles. The molecule has 0 aliphatic heterocycles. The van der Waals surface area contributed by atoms with E-state index in [9.17, 15) is 14.7 Å². The fourth-order valence-electron chi connectivity index (χ4n) is 2.87. The third kappa shape index (κ3) is 3.18. The van der Waals surface area contributed by atoms with Gasteiger partial charge in [0.25, 0.3) is 5.91 Å². The molecule has 4 aromatic rings. The topological polar surface area (TPSA) is 79.5 Å². The predicted molar refractivity (Wildman–Crippen MR) is 104 cm³/mol. The lowest BCUT2D eigenvalue weighted by molar-refractivity contribution is 0.102. The Kier molecular flexibility index (Phi) is 4.18. The van der Waals surface area contributed by atoms with Crippen LogP contribution >= 0.6 is 0 Å². The van der Waals surface area contributed by atoms with Crippen molar-refractivity contribution < 1.29 is 14.3 Å². The Bertz CT molecular complexity index is 1180. The van der Waals surface area contributed by atoms with E-state index in [-0.39, 0.29) is 17.0 Å². The summed E-state index contributed by atoms with van der Waals surface area (Å²) in [5.41, 5.74) is 1.55. The first-order valence-corrected chi connectivity index (χ1v) is 8.35. The third-order valence-electron chi connectivity index (χ3n) is 4.28. The number of hydrogen-bond acceptors (Lipinski definition) is 4. The molecule has 1 aromatic heterocycles. The average Bonchev–Trinajstić information content (AvgIpc) is 2.72. The van der Waals surface area contributed by atoms with Crippen LogP contribution in [0, 0.1) is 0 Å². The minimum atomic E-state index is -0.805. The molecule has 5 heteroatoms. The van der Waals surface area contributed by atoms with Gasteiger partial charge in [0.2, 0.25) is 0 Å². The summed E-state index contributed by atoms with van der Waals surface area (Å²) >= 11 is 0. The molecule has 5 nitrogen and oxygen atoms in total. The predicted octanol–water partition coefficient (Wildman–Crippen LogP) is 4.42. The van der Waals surface area contributed by atoms with Gasteiger partial charge in [0.05, 0.1) is 5.39 Å². The molecule has 0 spiro atoms. The summed E-state index contributed by atoms with van der Waals surface area (Å²) in [6.45, 7) is 0. The van der Waals surface area contributed by atoms with Gasteiger partial charge < -0.3 is 14.8 Å². The number of amides is 1. The summed E-state index contributed by atoms with van der Waals surface area (Å²) in [6.07, 6.45) is 0. The van der Waals surface area contributed by atoms with Crippen molar-refractivity contribution in [3.63, 3.8) is 0 Å². The number of rotatable bonds is 3. The number of benzene rings is 3. The Morgan fingerprint density at radius 2 is 1.44 bits per heavy atom. The molecule has 0 bridgehead atoms. The molecule has 1 amide bonds. The Hall–Kier alpha value is -3.86. The number of carbonyl (C=O) groups is 1. The molecule has 0 saturated heterocycles. The number of fused-ring (bicyclic) bond motifs is 1. The zero-order chi connectivity index (χ0) is 18.8. The summed E-state index contributed by atoms with van der Waals surface area (Å²) in [6, 6.07) is 23.3. The molecule has 0 radical (unpaired) electrons. The van der Waals surface area contributed by atoms with Crippen LogP contribution in [-0.2, 0) is 0 Å². The van der Waals surface area contributed by atoms with Crippen molar-refractivity contribution in [2.45, 2.75) is 0 Å². The van der Waals surface area contributed by atoms with E-state index in [1.165, 1.54) is 0 Å². The Balaban J connectivity index is 1.63. The SMILES string of the molecule is O=C(Nc1c(O)c2ccccc2oc1=O)c1ccc(-c2ccccc2)cc1. The van der Waals surface area contributed by atoms with Crippen molar-refractivity contribution in [1.29, 1.82) is 0 Å². The summed E-state index contributed by atoms with van der Waals surface area (Å²) in [4.78, 5) is 24.6. The highest BCUT2D eigenvalue weighted by Gasteiger charge is 2.17. The molecule has 3 aromatic carbocycles. The van der Waals surface area contributed by atoms with Gasteiger partial charge in [-0.25, -0.2) is 4.79 Å². The van der Waals surface area contributed by atoms with Gasteiger partial charge in [-0.15, -0.1) is 0 Å². The number of hydrogen-bond donors (Lipinski definition) is 2. The van der Waals surface area contributed by atoms with Gasteiger partial charge in [-0.2, -0.15) is 0 Å². The van der Waals surface area contributed by atoms with Crippen molar-refractivity contribution in [3.05, 3.63) is 94.8 Å². The van der Waals surface area contributed by atoms with Crippen molar-refractivity contribution in [1.82, 2.24) is 0 Å². The Morgan fingerprint density at radius 1 is 0.815 bits per heavy atom. The van der Waals surface area contributed by atoms with Gasteiger partial charge in [0, 0.05) is 5.56 Å². The second-order valence-corrected chi connectivity index (χ2v) is 6.01. The zero-order valence-electron chi connectivity index (χ0n) is 14.2. The Morgan fingerprint density at radius 3 is 2.19 bits per heavy atom. The van der Waals surface area contributed by atoms with Gasteiger partial charge in [0.15, 0.2) is 11.4 Å². The molecule has 4 rings (SSSR count). The van der Waals surface area contributed by atoms with Crippen LogP contribution in [-0.4, -0.2) is 11.0 Å². The van der Waals surface area contributed by atoms with E-state index < -0.39 is 11.5 Å². The molecular weight excluding hydrogens is 342 g/mol. The maximum absolute atomic E-state index is 12.5. The minimum Gasteiger partial charge on any atom is -0.505 e. The van der Waals surface area contributed by atoms with Crippen LogP contribution < -0.4 is 10.9 Å². The van der Waals surface area contributed by atoms with Crippen LogP contribution in [0.3, 0.4) is 0 Å². The number of anilines is 1. The van der Waals surface area contributed by atoms with Gasteiger partial charge in [-0.3, -0.25) is 4.79 Å². The first-order valence-electron chi connectivity index (χ1n) is 8.35. The molecule has 132 valence electrons. The highest BCUT2D eigenvalue weighted by molar-refractivity contribution is 6.06. The molecule has 2 N–H and O–H groups in total. The minimum absolute atomic E-state index is 0.255. The maximum atomic E-state index is 12.5. The van der Waals surface area contributed by atoms with Crippen LogP contribution in [0.25, 0.3) is 22.1 Å². The molecule has 0 aliphatic carbocycles. The lowest BCUT2D eigenvalue weighted by Crippen LogP contribution is -2.18. The van der Waals surface area contributed by atoms with E-state index in [4.69, 9.17) is 4.42 Å². The number of aromatic hydroxyl groups is 1. The Labute approximate surface area is 154 Å². The fourth-order valence-corrected chi connectivity index (χ4v) is 2.87. The summed E-state index contributed by atoms with van der Waals surface area (Å²) < 4.78 is 5.16. The molecule has 0 saturated carbocycles. The van der Waals surface area contributed by atoms with Gasteiger partial charge in [-0.05, 0) is 35.4 Å². The van der Waals surface area contributed by atoms with E-state index in [1.807, 2.05) is 42.5 Å². The maximum Gasteiger partial charge on any atom is 0.364 e. The quantitative estimate of drug-likeness (QED) is 0.532. The van der Waals surface area contributed by atoms with Crippen LogP contribution in [0.1, 0.15) is 10.4 Å². The highest BCUT2D eigenvalue weighted by atomic mass is 16.4. The lowest BCUT2D eigenvalue weighted by atomic mass is 10.0. The van der Waals surface area contributed by atoms with Crippen LogP contribution in [0.15, 0.2) is 88.1 Å². The highest BCUT2D eigenvalue weighted by Crippen LogP contribution is 2.29. The van der Waals surface area contributed by atoms with Crippen LogP contribution in [0.2, 0.25) is 0 Å². The van der Waals surface area contributed by atoms with E-state index in [1.54, 1.807) is 36.4 Å². The monoisotopic (exact) mass is 357 g/mol. The van der Waals surface area contributed by atoms with Crippen molar-refractivity contribution >= 4 is 22.6 Å². The van der Waals surface area contributed by atoms with Gasteiger partial charge in [0.1, 0.15) is 5.58 Å². The molecule has 27 heavy (non-hydrogen) atoms. The number of carbonyl (C=O) groups excluding carboxylic acids is 1. The second-order valence-electron chi connectivity index (χ2n) is 6.01. The normalized spacial score (nSPS) is 10.7. The van der Waals surface area contributed by atoms with Crippen LogP contribution in [0.5, 0.6) is 5.75 Å². The largest absolute Gasteiger partial charge is 0.505 e. The summed E-state index contributed by atoms with van der Waals surface area (Å²) in [5, 5.41) is 13.1. The average molecular weight is 357 g/mol. The standard InChI is InChI=1S/C22H15NO4/c24-20-17-8-4-5-9-18(17)27-22(26)19(20)23-21(25)16-12-10-15(11-13-16)14-6-2-1-3-7-14/h1-13,24H,(H,23,25). The zero-order valence-corrected chi connectivity index (χ0v) is 14.2. The summed E-state index contributed by atoms with van der Waals surface area (Å²) in [7, 11) is 0. The fraction of sp³-hybridized carbons (Fsp3) is 0.